The van der Waals surface area contributed by atoms with Crippen molar-refractivity contribution in [1.82, 2.24) is 10.2 Å². The molecule has 0 bridgehead atoms. The second-order valence-electron chi connectivity index (χ2n) is 4.94. The van der Waals surface area contributed by atoms with Crippen LogP contribution in [-0.4, -0.2) is 23.3 Å². The molecule has 0 saturated carbocycles. The quantitative estimate of drug-likeness (QED) is 0.915. The van der Waals surface area contributed by atoms with E-state index < -0.39 is 0 Å². The van der Waals surface area contributed by atoms with Gasteiger partial charge in [-0.1, -0.05) is 31.2 Å². The Morgan fingerprint density at radius 1 is 1.30 bits per heavy atom. The van der Waals surface area contributed by atoms with Crippen molar-refractivity contribution >= 4 is 17.9 Å². The van der Waals surface area contributed by atoms with Gasteiger partial charge in [-0.3, -0.25) is 9.59 Å². The van der Waals surface area contributed by atoms with Gasteiger partial charge in [0.05, 0.1) is 12.5 Å². The molecule has 0 fully saturated rings. The van der Waals surface area contributed by atoms with Crippen molar-refractivity contribution in [2.24, 2.45) is 0 Å². The summed E-state index contributed by atoms with van der Waals surface area (Å²) >= 11 is 0. The van der Waals surface area contributed by atoms with Crippen LogP contribution < -0.4 is 5.32 Å². The van der Waals surface area contributed by atoms with E-state index in [-0.39, 0.29) is 17.9 Å². The van der Waals surface area contributed by atoms with Crippen LogP contribution >= 0.6 is 0 Å². The molecule has 20 heavy (non-hydrogen) atoms. The topological polar surface area (TPSA) is 49.4 Å². The highest BCUT2D eigenvalue weighted by Crippen LogP contribution is 2.32. The first-order valence-corrected chi connectivity index (χ1v) is 6.96. The van der Waals surface area contributed by atoms with Gasteiger partial charge in [-0.25, -0.2) is 0 Å². The van der Waals surface area contributed by atoms with Crippen LogP contribution in [0.5, 0.6) is 0 Å². The van der Waals surface area contributed by atoms with Crippen LogP contribution in [0.25, 0.3) is 6.08 Å². The van der Waals surface area contributed by atoms with Gasteiger partial charge in [0, 0.05) is 19.7 Å². The van der Waals surface area contributed by atoms with Crippen LogP contribution in [0, 0.1) is 0 Å². The predicted molar refractivity (Wildman–Crippen MR) is 78.7 cm³/mol. The van der Waals surface area contributed by atoms with Crippen LogP contribution in [-0.2, 0) is 9.59 Å². The molecule has 1 aromatic carbocycles. The third-order valence-electron chi connectivity index (χ3n) is 3.42. The van der Waals surface area contributed by atoms with Crippen LogP contribution in [0.3, 0.4) is 0 Å². The number of nitrogens with one attached hydrogen (secondary N) is 1. The third-order valence-corrected chi connectivity index (χ3v) is 3.42. The molecular weight excluding hydrogens is 252 g/mol. The summed E-state index contributed by atoms with van der Waals surface area (Å²) in [6.07, 6.45) is 4.88. The second kappa shape index (κ2) is 6.37. The number of carbonyl (C=O) groups is 2. The molecule has 0 spiro atoms. The Hall–Kier alpha value is -2.10. The number of fused-ring (bicyclic) bond motifs is 1. The van der Waals surface area contributed by atoms with E-state index in [1.165, 1.54) is 6.92 Å². The molecule has 1 atom stereocenters. The standard InChI is InChI=1S/C16H20N2O2/c1-3-9-17-16(20)11-15-14-7-5-4-6-13(14)8-10-18(15)12(2)19/h4-8,10,15H,3,9,11H2,1-2H3,(H,17,20)/t15-/m1/s1. The van der Waals surface area contributed by atoms with Gasteiger partial charge in [0.15, 0.2) is 0 Å². The van der Waals surface area contributed by atoms with Crippen molar-refractivity contribution in [3.05, 3.63) is 41.6 Å². The molecular formula is C16H20N2O2. The molecule has 106 valence electrons. The zero-order chi connectivity index (χ0) is 14.5. The van der Waals surface area contributed by atoms with E-state index in [9.17, 15) is 9.59 Å². The minimum atomic E-state index is -0.217. The molecule has 1 aliphatic heterocycles. The first-order chi connectivity index (χ1) is 9.63. The first-order valence-electron chi connectivity index (χ1n) is 6.96. The fourth-order valence-corrected chi connectivity index (χ4v) is 2.43. The summed E-state index contributed by atoms with van der Waals surface area (Å²) in [4.78, 5) is 25.4. The van der Waals surface area contributed by atoms with E-state index in [0.717, 1.165) is 17.5 Å². The van der Waals surface area contributed by atoms with Gasteiger partial charge < -0.3 is 10.2 Å². The molecule has 0 radical (unpaired) electrons. The zero-order valence-electron chi connectivity index (χ0n) is 11.9. The number of benzene rings is 1. The summed E-state index contributed by atoms with van der Waals surface area (Å²) in [7, 11) is 0. The lowest BCUT2D eigenvalue weighted by molar-refractivity contribution is -0.129. The maximum absolute atomic E-state index is 12.0. The SMILES string of the molecule is CCCNC(=O)C[C@@H]1c2ccccc2C=CN1C(C)=O. The average molecular weight is 272 g/mol. The van der Waals surface area contributed by atoms with Crippen molar-refractivity contribution in [2.45, 2.75) is 32.7 Å². The summed E-state index contributed by atoms with van der Waals surface area (Å²) in [6, 6.07) is 7.66. The van der Waals surface area contributed by atoms with Crippen molar-refractivity contribution in [2.75, 3.05) is 6.54 Å². The van der Waals surface area contributed by atoms with Gasteiger partial charge in [-0.2, -0.15) is 0 Å². The molecule has 2 amide bonds. The maximum Gasteiger partial charge on any atom is 0.223 e. The Labute approximate surface area is 119 Å². The van der Waals surface area contributed by atoms with Gasteiger partial charge >= 0.3 is 0 Å². The number of nitrogens with zero attached hydrogens (tertiary/aromatic N) is 1. The molecule has 4 nitrogen and oxygen atoms in total. The van der Waals surface area contributed by atoms with Gasteiger partial charge in [0.1, 0.15) is 0 Å². The molecule has 1 aromatic rings. The number of amides is 2. The van der Waals surface area contributed by atoms with E-state index in [2.05, 4.69) is 5.32 Å². The highest BCUT2D eigenvalue weighted by Gasteiger charge is 2.27. The largest absolute Gasteiger partial charge is 0.356 e. The molecule has 0 aliphatic carbocycles. The number of hydrogen-bond donors (Lipinski definition) is 1. The first kappa shape index (κ1) is 14.3. The summed E-state index contributed by atoms with van der Waals surface area (Å²) in [5, 5.41) is 2.87. The second-order valence-corrected chi connectivity index (χ2v) is 4.94. The Balaban J connectivity index is 2.23. The highest BCUT2D eigenvalue weighted by molar-refractivity contribution is 5.81. The molecule has 1 N–H and O–H groups in total. The van der Waals surface area contributed by atoms with E-state index >= 15 is 0 Å². The molecule has 1 heterocycles. The summed E-state index contributed by atoms with van der Waals surface area (Å²) < 4.78 is 0. The predicted octanol–water partition coefficient (Wildman–Crippen LogP) is 2.48. The Morgan fingerprint density at radius 3 is 2.75 bits per heavy atom. The smallest absolute Gasteiger partial charge is 0.223 e. The molecule has 0 aromatic heterocycles. The van der Waals surface area contributed by atoms with Crippen LogP contribution in [0.15, 0.2) is 30.5 Å². The van der Waals surface area contributed by atoms with Crippen LogP contribution in [0.4, 0.5) is 0 Å². The summed E-state index contributed by atoms with van der Waals surface area (Å²) in [6.45, 7) is 4.21. The third kappa shape index (κ3) is 3.07. The monoisotopic (exact) mass is 272 g/mol. The lowest BCUT2D eigenvalue weighted by atomic mass is 9.93. The minimum absolute atomic E-state index is 0.0202. The van der Waals surface area contributed by atoms with Crippen LogP contribution in [0.2, 0.25) is 0 Å². The van der Waals surface area contributed by atoms with E-state index in [0.29, 0.717) is 13.0 Å². The van der Waals surface area contributed by atoms with Crippen molar-refractivity contribution in [3.63, 3.8) is 0 Å². The molecule has 0 unspecified atom stereocenters. The van der Waals surface area contributed by atoms with Gasteiger partial charge in [-0.15, -0.1) is 0 Å². The number of carbonyl (C=O) groups excluding carboxylic acids is 2. The maximum atomic E-state index is 12.0. The Kier molecular flexibility index (Phi) is 4.56. The fraction of sp³-hybridized carbons (Fsp3) is 0.375. The highest BCUT2D eigenvalue weighted by atomic mass is 16.2. The van der Waals surface area contributed by atoms with E-state index in [1.807, 2.05) is 37.3 Å². The van der Waals surface area contributed by atoms with Crippen molar-refractivity contribution in [1.29, 1.82) is 0 Å². The Morgan fingerprint density at radius 2 is 2.05 bits per heavy atom. The van der Waals surface area contributed by atoms with Crippen molar-refractivity contribution < 1.29 is 9.59 Å². The zero-order valence-corrected chi connectivity index (χ0v) is 11.9. The summed E-state index contributed by atoms with van der Waals surface area (Å²) in [5.74, 6) is -0.0720. The average Bonchev–Trinajstić information content (AvgIpc) is 2.45. The van der Waals surface area contributed by atoms with E-state index in [1.54, 1.807) is 11.1 Å². The Bertz CT molecular complexity index is 537. The van der Waals surface area contributed by atoms with Crippen molar-refractivity contribution in [3.8, 4) is 0 Å². The van der Waals surface area contributed by atoms with Gasteiger partial charge in [0.25, 0.3) is 0 Å². The minimum Gasteiger partial charge on any atom is -0.356 e. The summed E-state index contributed by atoms with van der Waals surface area (Å²) in [5.41, 5.74) is 2.09. The molecule has 2 rings (SSSR count). The van der Waals surface area contributed by atoms with Crippen LogP contribution in [0.1, 0.15) is 43.9 Å². The number of hydrogen-bond acceptors (Lipinski definition) is 2. The van der Waals surface area contributed by atoms with Gasteiger partial charge in [-0.05, 0) is 23.6 Å². The lowest BCUT2D eigenvalue weighted by Gasteiger charge is -2.32. The molecule has 0 saturated heterocycles. The lowest BCUT2D eigenvalue weighted by Crippen LogP contribution is -2.35. The normalized spacial score (nSPS) is 16.7. The number of rotatable bonds is 4. The van der Waals surface area contributed by atoms with Gasteiger partial charge in [0.2, 0.25) is 11.8 Å². The van der Waals surface area contributed by atoms with E-state index in [4.69, 9.17) is 0 Å². The molecule has 1 aliphatic rings. The molecule has 4 heteroatoms. The fourth-order valence-electron chi connectivity index (χ4n) is 2.43.